The highest BCUT2D eigenvalue weighted by Crippen LogP contribution is 2.31. The van der Waals surface area contributed by atoms with E-state index in [4.69, 9.17) is 9.47 Å². The number of nitrogens with zero attached hydrogens (tertiary/aromatic N) is 3. The minimum atomic E-state index is -0.666. The first-order valence-electron chi connectivity index (χ1n) is 11.0. The first-order valence-corrected chi connectivity index (χ1v) is 11.0. The molecule has 1 aromatic carbocycles. The lowest BCUT2D eigenvalue weighted by Crippen LogP contribution is -2.42. The second-order valence-electron chi connectivity index (χ2n) is 9.01. The molecule has 1 aliphatic rings. The van der Waals surface area contributed by atoms with E-state index in [2.05, 4.69) is 4.98 Å². The van der Waals surface area contributed by atoms with Gasteiger partial charge in [-0.3, -0.25) is 14.6 Å². The Bertz CT molecular complexity index is 956. The van der Waals surface area contributed by atoms with Crippen molar-refractivity contribution >= 4 is 11.8 Å². The summed E-state index contributed by atoms with van der Waals surface area (Å²) in [7, 11) is 3.41. The average molecular weight is 440 g/mol. The second-order valence-corrected chi connectivity index (χ2v) is 9.01. The van der Waals surface area contributed by atoms with Crippen LogP contribution in [0.2, 0.25) is 0 Å². The lowest BCUT2D eigenvalue weighted by molar-refractivity contribution is -0.140. The van der Waals surface area contributed by atoms with Crippen LogP contribution in [0.1, 0.15) is 48.3 Å². The lowest BCUT2D eigenvalue weighted by Gasteiger charge is -2.30. The van der Waals surface area contributed by atoms with E-state index in [1.807, 2.05) is 63.1 Å². The number of ether oxygens (including phenoxy) is 2. The van der Waals surface area contributed by atoms with Crippen LogP contribution in [-0.2, 0) is 11.3 Å². The average Bonchev–Trinajstić information content (AvgIpc) is 2.78. The third-order valence-electron chi connectivity index (χ3n) is 5.73. The van der Waals surface area contributed by atoms with Gasteiger partial charge in [-0.2, -0.15) is 0 Å². The fraction of sp³-hybridized carbons (Fsp3) is 0.480. The molecule has 2 amide bonds. The number of carbonyl (C=O) groups excluding carboxylic acids is 2. The minimum absolute atomic E-state index is 0.0309. The molecule has 7 nitrogen and oxygen atoms in total. The number of carbonyl (C=O) groups is 2. The van der Waals surface area contributed by atoms with Crippen LogP contribution in [0.15, 0.2) is 36.5 Å². The maximum absolute atomic E-state index is 13.2. The quantitative estimate of drug-likeness (QED) is 0.714. The SMILES string of the molecule is COc1ccc2cc1OCC(C)(C)C(=O)N(C)CCCCN(C(=O)c1ccc(C)nc1)C2. The molecule has 0 saturated heterocycles. The van der Waals surface area contributed by atoms with E-state index >= 15 is 0 Å². The molecular weight excluding hydrogens is 406 g/mol. The van der Waals surface area contributed by atoms with Gasteiger partial charge in [-0.05, 0) is 63.4 Å². The molecular formula is C25H33N3O4. The number of methoxy groups -OCH3 is 1. The molecule has 2 aromatic rings. The number of aryl methyl sites for hydroxylation is 1. The Kier molecular flexibility index (Phi) is 7.38. The van der Waals surface area contributed by atoms with E-state index in [-0.39, 0.29) is 18.4 Å². The van der Waals surface area contributed by atoms with Gasteiger partial charge in [0, 0.05) is 38.6 Å². The zero-order valence-corrected chi connectivity index (χ0v) is 19.7. The molecule has 0 fully saturated rings. The van der Waals surface area contributed by atoms with Crippen molar-refractivity contribution < 1.29 is 19.1 Å². The van der Waals surface area contributed by atoms with Crippen molar-refractivity contribution in [3.63, 3.8) is 0 Å². The maximum Gasteiger partial charge on any atom is 0.255 e. The molecule has 2 bridgehead atoms. The van der Waals surface area contributed by atoms with Crippen molar-refractivity contribution in [2.75, 3.05) is 33.9 Å². The van der Waals surface area contributed by atoms with Crippen molar-refractivity contribution in [3.8, 4) is 11.5 Å². The zero-order chi connectivity index (χ0) is 23.3. The molecule has 0 aliphatic carbocycles. The predicted molar refractivity (Wildman–Crippen MR) is 123 cm³/mol. The predicted octanol–water partition coefficient (Wildman–Crippen LogP) is 3.70. The van der Waals surface area contributed by atoms with Gasteiger partial charge in [0.2, 0.25) is 5.91 Å². The summed E-state index contributed by atoms with van der Waals surface area (Å²) in [6, 6.07) is 9.33. The third-order valence-corrected chi connectivity index (χ3v) is 5.73. The van der Waals surface area contributed by atoms with Crippen LogP contribution < -0.4 is 9.47 Å². The van der Waals surface area contributed by atoms with Gasteiger partial charge in [0.25, 0.3) is 5.91 Å². The van der Waals surface area contributed by atoms with E-state index in [1.165, 1.54) is 0 Å². The molecule has 32 heavy (non-hydrogen) atoms. The number of amides is 2. The standard InChI is InChI=1S/C25H33N3O4/c1-18-8-10-20(15-26-18)23(29)28-13-7-6-12-27(4)24(30)25(2,3)17-32-22-14-19(16-28)9-11-21(22)31-5/h8-11,14-15H,6-7,12-13,16-17H2,1-5H3. The number of benzene rings is 1. The summed E-state index contributed by atoms with van der Waals surface area (Å²) in [6.45, 7) is 7.58. The molecule has 172 valence electrons. The van der Waals surface area contributed by atoms with Crippen molar-refractivity contribution in [2.24, 2.45) is 5.41 Å². The summed E-state index contributed by atoms with van der Waals surface area (Å²) >= 11 is 0. The zero-order valence-electron chi connectivity index (χ0n) is 19.7. The van der Waals surface area contributed by atoms with Gasteiger partial charge in [0.15, 0.2) is 11.5 Å². The third kappa shape index (κ3) is 5.58. The van der Waals surface area contributed by atoms with Crippen molar-refractivity contribution in [3.05, 3.63) is 53.3 Å². The van der Waals surface area contributed by atoms with Crippen LogP contribution in [-0.4, -0.2) is 60.5 Å². The molecule has 0 N–H and O–H groups in total. The Hall–Kier alpha value is -3.09. The van der Waals surface area contributed by atoms with Gasteiger partial charge in [-0.1, -0.05) is 6.07 Å². The molecule has 0 spiro atoms. The van der Waals surface area contributed by atoms with Gasteiger partial charge < -0.3 is 19.3 Å². The van der Waals surface area contributed by atoms with Gasteiger partial charge in [0.05, 0.1) is 18.1 Å². The number of rotatable bonds is 2. The summed E-state index contributed by atoms with van der Waals surface area (Å²) in [5.74, 6) is 1.13. The first kappa shape index (κ1) is 23.6. The van der Waals surface area contributed by atoms with Gasteiger partial charge in [-0.15, -0.1) is 0 Å². The molecule has 2 heterocycles. The number of aromatic nitrogens is 1. The Labute approximate surface area is 190 Å². The Morgan fingerprint density at radius 2 is 1.91 bits per heavy atom. The van der Waals surface area contributed by atoms with Crippen LogP contribution in [0.5, 0.6) is 11.5 Å². The Balaban J connectivity index is 1.92. The molecule has 1 aromatic heterocycles. The number of pyridine rings is 1. The molecule has 7 heteroatoms. The van der Waals surface area contributed by atoms with E-state index in [0.717, 1.165) is 24.1 Å². The highest BCUT2D eigenvalue weighted by Gasteiger charge is 2.32. The summed E-state index contributed by atoms with van der Waals surface area (Å²) in [4.78, 5) is 34.0. The molecule has 0 atom stereocenters. The van der Waals surface area contributed by atoms with Crippen LogP contribution in [0, 0.1) is 12.3 Å². The summed E-state index contributed by atoms with van der Waals surface area (Å²) in [5, 5.41) is 0. The Morgan fingerprint density at radius 1 is 1.16 bits per heavy atom. The highest BCUT2D eigenvalue weighted by atomic mass is 16.5. The van der Waals surface area contributed by atoms with Crippen molar-refractivity contribution in [1.82, 2.24) is 14.8 Å². The van der Waals surface area contributed by atoms with E-state index in [0.29, 0.717) is 36.7 Å². The van der Waals surface area contributed by atoms with Gasteiger partial charge in [-0.25, -0.2) is 0 Å². The molecule has 0 saturated carbocycles. The van der Waals surface area contributed by atoms with E-state index < -0.39 is 5.41 Å². The number of fused-ring (bicyclic) bond motifs is 2. The molecule has 1 aliphatic heterocycles. The van der Waals surface area contributed by atoms with Gasteiger partial charge in [0.1, 0.15) is 6.61 Å². The Morgan fingerprint density at radius 3 is 2.59 bits per heavy atom. The highest BCUT2D eigenvalue weighted by molar-refractivity contribution is 5.93. The van der Waals surface area contributed by atoms with Crippen LogP contribution in [0.3, 0.4) is 0 Å². The van der Waals surface area contributed by atoms with Crippen LogP contribution in [0.25, 0.3) is 0 Å². The van der Waals surface area contributed by atoms with Crippen LogP contribution in [0.4, 0.5) is 0 Å². The largest absolute Gasteiger partial charge is 0.493 e. The minimum Gasteiger partial charge on any atom is -0.493 e. The van der Waals surface area contributed by atoms with Crippen molar-refractivity contribution in [1.29, 1.82) is 0 Å². The first-order chi connectivity index (χ1) is 15.2. The molecule has 0 unspecified atom stereocenters. The van der Waals surface area contributed by atoms with E-state index in [1.54, 1.807) is 18.2 Å². The lowest BCUT2D eigenvalue weighted by atomic mass is 9.92. The van der Waals surface area contributed by atoms with Gasteiger partial charge >= 0.3 is 0 Å². The van der Waals surface area contributed by atoms with E-state index in [9.17, 15) is 9.59 Å². The fourth-order valence-corrected chi connectivity index (χ4v) is 3.77. The van der Waals surface area contributed by atoms with Crippen molar-refractivity contribution in [2.45, 2.75) is 40.2 Å². The second kappa shape index (κ2) is 10.0. The van der Waals surface area contributed by atoms with Crippen LogP contribution >= 0.6 is 0 Å². The topological polar surface area (TPSA) is 72.0 Å². The summed E-state index contributed by atoms with van der Waals surface area (Å²) in [5.41, 5.74) is 1.71. The molecule has 3 rings (SSSR count). The monoisotopic (exact) mass is 439 g/mol. The summed E-state index contributed by atoms with van der Waals surface area (Å²) < 4.78 is 11.5. The number of hydrogen-bond donors (Lipinski definition) is 0. The maximum atomic E-state index is 13.2. The fourth-order valence-electron chi connectivity index (χ4n) is 3.77. The number of hydrogen-bond acceptors (Lipinski definition) is 5. The smallest absolute Gasteiger partial charge is 0.255 e. The molecule has 0 radical (unpaired) electrons. The normalized spacial score (nSPS) is 17.3. The summed E-state index contributed by atoms with van der Waals surface area (Å²) in [6.07, 6.45) is 3.23.